The highest BCUT2D eigenvalue weighted by molar-refractivity contribution is 14.1. The van der Waals surface area contributed by atoms with E-state index in [4.69, 9.17) is 14.2 Å². The summed E-state index contributed by atoms with van der Waals surface area (Å²) in [6.07, 6.45) is 8.17. The summed E-state index contributed by atoms with van der Waals surface area (Å²) in [5.41, 5.74) is -0.525. The zero-order valence-electron chi connectivity index (χ0n) is 15.5. The number of ether oxygens (including phenoxy) is 3. The molecule has 0 spiro atoms. The zero-order chi connectivity index (χ0) is 18.3. The van der Waals surface area contributed by atoms with Crippen LogP contribution in [-0.4, -0.2) is 39.9 Å². The van der Waals surface area contributed by atoms with Crippen LogP contribution in [0.3, 0.4) is 0 Å². The van der Waals surface area contributed by atoms with Crippen LogP contribution in [-0.2, 0) is 19.0 Å². The van der Waals surface area contributed by atoms with Gasteiger partial charge in [-0.3, -0.25) is 0 Å². The fraction of sp³-hybridized carbons (Fsp3) is 0.944. The van der Waals surface area contributed by atoms with Gasteiger partial charge < -0.3 is 14.2 Å². The van der Waals surface area contributed by atoms with E-state index in [1.807, 2.05) is 20.8 Å². The first-order valence-electron chi connectivity index (χ1n) is 8.98. The van der Waals surface area contributed by atoms with Crippen LogP contribution in [0.4, 0.5) is 0 Å². The van der Waals surface area contributed by atoms with Crippen molar-refractivity contribution in [2.24, 2.45) is 0 Å². The largest absolute Gasteiger partial charge is 0.456 e. The second-order valence-electron chi connectivity index (χ2n) is 6.81. The van der Waals surface area contributed by atoms with E-state index < -0.39 is 17.9 Å². The maximum atomic E-state index is 12.2. The SMILES string of the molecule is CC(C)(C)OC(=O)C(OCCCCCCI)OCCCCCCI. The van der Waals surface area contributed by atoms with Gasteiger partial charge in [-0.05, 0) is 55.3 Å². The Hall–Kier alpha value is 0.850. The van der Waals surface area contributed by atoms with Gasteiger partial charge >= 0.3 is 5.97 Å². The van der Waals surface area contributed by atoms with E-state index in [1.54, 1.807) is 0 Å². The van der Waals surface area contributed by atoms with Crippen LogP contribution in [0.2, 0.25) is 0 Å². The molecule has 0 saturated carbocycles. The normalized spacial score (nSPS) is 11.9. The molecule has 0 fully saturated rings. The standard InChI is InChI=1S/C18H34I2O4/c1-18(2,3)24-16(21)17(22-14-10-6-4-8-12-19)23-15-11-7-5-9-13-20/h17H,4-15H2,1-3H3. The van der Waals surface area contributed by atoms with Crippen molar-refractivity contribution in [2.75, 3.05) is 22.1 Å². The molecule has 144 valence electrons. The summed E-state index contributed by atoms with van der Waals surface area (Å²) in [5, 5.41) is 0. The summed E-state index contributed by atoms with van der Waals surface area (Å²) >= 11 is 4.79. The third-order valence-electron chi connectivity index (χ3n) is 3.19. The third kappa shape index (κ3) is 16.3. The van der Waals surface area contributed by atoms with Crippen LogP contribution in [0.5, 0.6) is 0 Å². The van der Waals surface area contributed by atoms with E-state index in [-0.39, 0.29) is 0 Å². The molecule has 0 rings (SSSR count). The third-order valence-corrected chi connectivity index (χ3v) is 4.72. The van der Waals surface area contributed by atoms with Crippen molar-refractivity contribution < 1.29 is 19.0 Å². The zero-order valence-corrected chi connectivity index (χ0v) is 19.8. The van der Waals surface area contributed by atoms with Gasteiger partial charge in [-0.2, -0.15) is 0 Å². The molecular weight excluding hydrogens is 534 g/mol. The van der Waals surface area contributed by atoms with Gasteiger partial charge in [0.05, 0.1) is 13.2 Å². The van der Waals surface area contributed by atoms with Crippen LogP contribution in [0, 0.1) is 0 Å². The van der Waals surface area contributed by atoms with Crippen LogP contribution >= 0.6 is 45.2 Å². The summed E-state index contributed by atoms with van der Waals surface area (Å²) in [7, 11) is 0. The minimum atomic E-state index is -0.890. The molecule has 0 aliphatic rings. The van der Waals surface area contributed by atoms with Gasteiger partial charge in [0, 0.05) is 0 Å². The molecule has 6 heteroatoms. The minimum Gasteiger partial charge on any atom is -0.456 e. The summed E-state index contributed by atoms with van der Waals surface area (Å²) in [6.45, 7) is 6.65. The summed E-state index contributed by atoms with van der Waals surface area (Å²) in [6, 6.07) is 0. The van der Waals surface area contributed by atoms with E-state index in [1.165, 1.54) is 34.5 Å². The van der Waals surface area contributed by atoms with Gasteiger partial charge in [-0.25, -0.2) is 4.79 Å². The average Bonchev–Trinajstić information content (AvgIpc) is 2.50. The van der Waals surface area contributed by atoms with Crippen molar-refractivity contribution in [1.82, 2.24) is 0 Å². The van der Waals surface area contributed by atoms with Gasteiger partial charge in [0.2, 0.25) is 0 Å². The predicted octanol–water partition coefficient (Wildman–Crippen LogP) is 5.68. The lowest BCUT2D eigenvalue weighted by Gasteiger charge is -2.24. The van der Waals surface area contributed by atoms with Crippen LogP contribution in [0.1, 0.15) is 72.1 Å². The number of unbranched alkanes of at least 4 members (excludes halogenated alkanes) is 6. The maximum absolute atomic E-state index is 12.2. The van der Waals surface area contributed by atoms with Gasteiger partial charge in [0.25, 0.3) is 6.29 Å². The van der Waals surface area contributed by atoms with Crippen molar-refractivity contribution in [1.29, 1.82) is 0 Å². The molecule has 0 unspecified atom stereocenters. The molecule has 0 saturated heterocycles. The van der Waals surface area contributed by atoms with E-state index in [0.717, 1.165) is 25.7 Å². The van der Waals surface area contributed by atoms with Gasteiger partial charge in [-0.15, -0.1) is 0 Å². The minimum absolute atomic E-state index is 0.415. The Balaban J connectivity index is 4.11. The number of halogens is 2. The van der Waals surface area contributed by atoms with E-state index in [0.29, 0.717) is 13.2 Å². The number of hydrogen-bond donors (Lipinski definition) is 0. The molecule has 24 heavy (non-hydrogen) atoms. The highest BCUT2D eigenvalue weighted by Crippen LogP contribution is 2.12. The molecule has 0 aliphatic carbocycles. The van der Waals surface area contributed by atoms with Crippen LogP contribution < -0.4 is 0 Å². The first kappa shape index (κ1) is 24.8. The quantitative estimate of drug-likeness (QED) is 0.0840. The topological polar surface area (TPSA) is 44.8 Å². The molecule has 0 N–H and O–H groups in total. The Labute approximate surface area is 175 Å². The summed E-state index contributed by atoms with van der Waals surface area (Å²) < 4.78 is 19.1. The predicted molar refractivity (Wildman–Crippen MR) is 116 cm³/mol. The summed E-state index contributed by atoms with van der Waals surface area (Å²) in [4.78, 5) is 12.2. The molecule has 0 radical (unpaired) electrons. The Bertz CT molecular complexity index is 290. The van der Waals surface area contributed by atoms with Crippen LogP contribution in [0.25, 0.3) is 0 Å². The number of esters is 1. The fourth-order valence-electron chi connectivity index (χ4n) is 2.02. The molecule has 0 atom stereocenters. The lowest BCUT2D eigenvalue weighted by Crippen LogP contribution is -2.35. The summed E-state index contributed by atoms with van der Waals surface area (Å²) in [5.74, 6) is -0.415. The van der Waals surface area contributed by atoms with Gasteiger partial charge in [0.1, 0.15) is 5.60 Å². The Morgan fingerprint density at radius 3 is 1.58 bits per heavy atom. The first-order chi connectivity index (χ1) is 11.4. The number of hydrogen-bond acceptors (Lipinski definition) is 4. The number of rotatable bonds is 15. The second kappa shape index (κ2) is 16.1. The maximum Gasteiger partial charge on any atom is 0.364 e. The highest BCUT2D eigenvalue weighted by atomic mass is 127. The molecule has 0 bridgehead atoms. The lowest BCUT2D eigenvalue weighted by atomic mass is 10.2. The van der Waals surface area contributed by atoms with E-state index in [9.17, 15) is 4.79 Å². The van der Waals surface area contributed by atoms with E-state index in [2.05, 4.69) is 45.2 Å². The molecule has 0 aromatic rings. The smallest absolute Gasteiger partial charge is 0.364 e. The number of carbonyl (C=O) groups excluding carboxylic acids is 1. The molecule has 0 aromatic carbocycles. The second-order valence-corrected chi connectivity index (χ2v) is 8.97. The van der Waals surface area contributed by atoms with Crippen molar-refractivity contribution in [2.45, 2.75) is 84.0 Å². The fourth-order valence-corrected chi connectivity index (χ4v) is 3.09. The monoisotopic (exact) mass is 568 g/mol. The van der Waals surface area contributed by atoms with Gasteiger partial charge in [0.15, 0.2) is 0 Å². The molecular formula is C18H34I2O4. The first-order valence-corrected chi connectivity index (χ1v) is 12.0. The number of alkyl halides is 2. The Morgan fingerprint density at radius 2 is 1.21 bits per heavy atom. The molecule has 0 heterocycles. The molecule has 0 aliphatic heterocycles. The Morgan fingerprint density at radius 1 is 0.792 bits per heavy atom. The van der Waals surface area contributed by atoms with Crippen molar-refractivity contribution in [3.63, 3.8) is 0 Å². The highest BCUT2D eigenvalue weighted by Gasteiger charge is 2.26. The van der Waals surface area contributed by atoms with Crippen LogP contribution in [0.15, 0.2) is 0 Å². The van der Waals surface area contributed by atoms with E-state index >= 15 is 0 Å². The van der Waals surface area contributed by atoms with Crippen molar-refractivity contribution in [3.8, 4) is 0 Å². The van der Waals surface area contributed by atoms with Crippen molar-refractivity contribution in [3.05, 3.63) is 0 Å². The Kier molecular flexibility index (Phi) is 16.6. The van der Waals surface area contributed by atoms with Gasteiger partial charge in [-0.1, -0.05) is 70.9 Å². The molecule has 0 amide bonds. The average molecular weight is 568 g/mol. The van der Waals surface area contributed by atoms with Crippen molar-refractivity contribution >= 4 is 51.2 Å². The molecule has 0 aromatic heterocycles. The molecule has 4 nitrogen and oxygen atoms in total. The number of carbonyl (C=O) groups is 1. The lowest BCUT2D eigenvalue weighted by molar-refractivity contribution is -0.205.